The van der Waals surface area contributed by atoms with E-state index in [0.717, 1.165) is 30.0 Å². The van der Waals surface area contributed by atoms with Gasteiger partial charge in [0.2, 0.25) is 0 Å². The fourth-order valence-corrected chi connectivity index (χ4v) is 3.43. The largest absolute Gasteiger partial charge is 0.311 e. The van der Waals surface area contributed by atoms with E-state index in [4.69, 9.17) is 0 Å². The molecule has 2 atom stereocenters. The predicted molar refractivity (Wildman–Crippen MR) is 74.2 cm³/mol. The van der Waals surface area contributed by atoms with Gasteiger partial charge in [0.15, 0.2) is 0 Å². The molecule has 0 amide bonds. The van der Waals surface area contributed by atoms with Crippen LogP contribution in [0.25, 0.3) is 0 Å². The van der Waals surface area contributed by atoms with Gasteiger partial charge in [0.05, 0.1) is 0 Å². The fraction of sp³-hybridized carbons (Fsp3) is 1.00. The van der Waals surface area contributed by atoms with Gasteiger partial charge in [0, 0.05) is 31.2 Å². The normalized spacial score (nSPS) is 39.4. The molecule has 2 nitrogen and oxygen atoms in total. The summed E-state index contributed by atoms with van der Waals surface area (Å²) in [6.07, 6.45) is 5.47. The number of nitrogens with zero attached hydrogens (tertiary/aromatic N) is 1. The second kappa shape index (κ2) is 5.71. The summed E-state index contributed by atoms with van der Waals surface area (Å²) in [5, 5.41) is 3.70. The van der Waals surface area contributed by atoms with Crippen molar-refractivity contribution in [3.8, 4) is 0 Å². The van der Waals surface area contributed by atoms with Crippen molar-refractivity contribution in [2.45, 2.75) is 71.5 Å². The van der Waals surface area contributed by atoms with E-state index in [1.165, 1.54) is 38.8 Å². The Morgan fingerprint density at radius 2 is 1.88 bits per heavy atom. The van der Waals surface area contributed by atoms with Crippen LogP contribution < -0.4 is 5.32 Å². The number of rotatable bonds is 4. The molecule has 0 radical (unpaired) electrons. The molecule has 100 valence electrons. The molecule has 1 saturated carbocycles. The van der Waals surface area contributed by atoms with Crippen LogP contribution in [0, 0.1) is 11.8 Å². The lowest BCUT2D eigenvalue weighted by Gasteiger charge is -2.51. The zero-order valence-electron chi connectivity index (χ0n) is 12.1. The van der Waals surface area contributed by atoms with Crippen LogP contribution in [0.1, 0.15) is 53.4 Å². The predicted octanol–water partition coefficient (Wildman–Crippen LogP) is 2.88. The monoisotopic (exact) mass is 238 g/mol. The van der Waals surface area contributed by atoms with Crippen LogP contribution in [0.3, 0.4) is 0 Å². The Bertz CT molecular complexity index is 233. The zero-order valence-corrected chi connectivity index (χ0v) is 12.1. The third-order valence-electron chi connectivity index (χ3n) is 5.07. The van der Waals surface area contributed by atoms with Crippen LogP contribution in [0.15, 0.2) is 0 Å². The standard InChI is InChI=1S/C15H30N2/c1-5-13-10-17(14(6-2)9-16-13)15-7-12(8-15)11(3)4/h11-16H,5-10H2,1-4H3. The lowest BCUT2D eigenvalue weighted by atomic mass is 9.72. The minimum absolute atomic E-state index is 0.732. The first-order valence-corrected chi connectivity index (χ1v) is 7.64. The van der Waals surface area contributed by atoms with E-state index in [1.807, 2.05) is 0 Å². The van der Waals surface area contributed by atoms with Gasteiger partial charge in [-0.15, -0.1) is 0 Å². The maximum Gasteiger partial charge on any atom is 0.0221 e. The van der Waals surface area contributed by atoms with E-state index >= 15 is 0 Å². The van der Waals surface area contributed by atoms with Crippen LogP contribution in [-0.2, 0) is 0 Å². The first-order chi connectivity index (χ1) is 8.15. The molecule has 1 saturated heterocycles. The van der Waals surface area contributed by atoms with Crippen LogP contribution in [0.5, 0.6) is 0 Å². The molecule has 0 aromatic rings. The summed E-state index contributed by atoms with van der Waals surface area (Å²) < 4.78 is 0. The molecule has 1 N–H and O–H groups in total. The molecule has 2 heteroatoms. The Labute approximate surface area is 107 Å². The van der Waals surface area contributed by atoms with Gasteiger partial charge < -0.3 is 5.32 Å². The van der Waals surface area contributed by atoms with Crippen molar-refractivity contribution in [3.63, 3.8) is 0 Å². The second-order valence-electron chi connectivity index (χ2n) is 6.40. The molecule has 1 aliphatic carbocycles. The highest BCUT2D eigenvalue weighted by Gasteiger charge is 2.39. The fourth-order valence-electron chi connectivity index (χ4n) is 3.43. The van der Waals surface area contributed by atoms with Crippen molar-refractivity contribution in [2.75, 3.05) is 13.1 Å². The van der Waals surface area contributed by atoms with E-state index < -0.39 is 0 Å². The first-order valence-electron chi connectivity index (χ1n) is 7.64. The Kier molecular flexibility index (Phi) is 4.48. The molecule has 0 aromatic carbocycles. The van der Waals surface area contributed by atoms with Gasteiger partial charge in [0.25, 0.3) is 0 Å². The maximum atomic E-state index is 3.70. The van der Waals surface area contributed by atoms with Crippen molar-refractivity contribution in [2.24, 2.45) is 11.8 Å². The molecule has 17 heavy (non-hydrogen) atoms. The average Bonchev–Trinajstić information content (AvgIpc) is 2.26. The van der Waals surface area contributed by atoms with Crippen LogP contribution in [-0.4, -0.2) is 36.1 Å². The summed E-state index contributed by atoms with van der Waals surface area (Å²) in [4.78, 5) is 2.82. The molecule has 2 rings (SSSR count). The Morgan fingerprint density at radius 1 is 1.18 bits per heavy atom. The Balaban J connectivity index is 1.88. The van der Waals surface area contributed by atoms with Gasteiger partial charge in [-0.1, -0.05) is 27.7 Å². The number of hydrogen-bond acceptors (Lipinski definition) is 2. The molecule has 0 bridgehead atoms. The summed E-state index contributed by atoms with van der Waals surface area (Å²) in [5.74, 6) is 1.88. The molecular formula is C15H30N2. The lowest BCUT2D eigenvalue weighted by Crippen LogP contribution is -2.61. The number of nitrogens with one attached hydrogen (secondary N) is 1. The summed E-state index contributed by atoms with van der Waals surface area (Å²) in [6, 6.07) is 2.41. The van der Waals surface area contributed by atoms with Crippen molar-refractivity contribution < 1.29 is 0 Å². The quantitative estimate of drug-likeness (QED) is 0.810. The minimum atomic E-state index is 0.732. The smallest absolute Gasteiger partial charge is 0.0221 e. The highest BCUT2D eigenvalue weighted by Crippen LogP contribution is 2.38. The van der Waals surface area contributed by atoms with Crippen molar-refractivity contribution in [1.29, 1.82) is 0 Å². The van der Waals surface area contributed by atoms with Crippen LogP contribution >= 0.6 is 0 Å². The highest BCUT2D eigenvalue weighted by molar-refractivity contribution is 4.95. The topological polar surface area (TPSA) is 15.3 Å². The zero-order chi connectivity index (χ0) is 12.4. The Hall–Kier alpha value is -0.0800. The van der Waals surface area contributed by atoms with E-state index in [-0.39, 0.29) is 0 Å². The van der Waals surface area contributed by atoms with Gasteiger partial charge in [-0.2, -0.15) is 0 Å². The van der Waals surface area contributed by atoms with Gasteiger partial charge in [-0.25, -0.2) is 0 Å². The van der Waals surface area contributed by atoms with Gasteiger partial charge in [-0.3, -0.25) is 4.90 Å². The molecule has 1 heterocycles. The van der Waals surface area contributed by atoms with E-state index in [2.05, 4.69) is 37.9 Å². The van der Waals surface area contributed by atoms with Gasteiger partial charge in [0.1, 0.15) is 0 Å². The first kappa shape index (κ1) is 13.4. The molecule has 2 unspecified atom stereocenters. The Morgan fingerprint density at radius 3 is 2.41 bits per heavy atom. The third kappa shape index (κ3) is 2.85. The van der Waals surface area contributed by atoms with Crippen molar-refractivity contribution >= 4 is 0 Å². The van der Waals surface area contributed by atoms with Gasteiger partial charge in [-0.05, 0) is 37.5 Å². The van der Waals surface area contributed by atoms with E-state index in [0.29, 0.717) is 0 Å². The summed E-state index contributed by atoms with van der Waals surface area (Å²) >= 11 is 0. The van der Waals surface area contributed by atoms with Crippen molar-refractivity contribution in [3.05, 3.63) is 0 Å². The average molecular weight is 238 g/mol. The highest BCUT2D eigenvalue weighted by atomic mass is 15.3. The number of piperazine rings is 1. The van der Waals surface area contributed by atoms with Crippen LogP contribution in [0.2, 0.25) is 0 Å². The van der Waals surface area contributed by atoms with E-state index in [1.54, 1.807) is 0 Å². The summed E-state index contributed by atoms with van der Waals surface area (Å²) in [7, 11) is 0. The number of hydrogen-bond donors (Lipinski definition) is 1. The van der Waals surface area contributed by atoms with Crippen molar-refractivity contribution in [1.82, 2.24) is 10.2 Å². The maximum absolute atomic E-state index is 3.70. The molecule has 2 aliphatic rings. The minimum Gasteiger partial charge on any atom is -0.311 e. The molecule has 0 spiro atoms. The summed E-state index contributed by atoms with van der Waals surface area (Å²) in [6.45, 7) is 11.9. The third-order valence-corrected chi connectivity index (χ3v) is 5.07. The molecule has 0 aromatic heterocycles. The molecule has 1 aliphatic heterocycles. The SMILES string of the molecule is CCC1CN(C2CC(C(C)C)C2)C(CC)CN1. The van der Waals surface area contributed by atoms with E-state index in [9.17, 15) is 0 Å². The van der Waals surface area contributed by atoms with Gasteiger partial charge >= 0.3 is 0 Å². The van der Waals surface area contributed by atoms with Crippen LogP contribution in [0.4, 0.5) is 0 Å². The summed E-state index contributed by atoms with van der Waals surface area (Å²) in [5.41, 5.74) is 0. The molecular weight excluding hydrogens is 208 g/mol. The molecule has 2 fully saturated rings. The lowest BCUT2D eigenvalue weighted by molar-refractivity contribution is -0.00101. The second-order valence-corrected chi connectivity index (χ2v) is 6.40.